The summed E-state index contributed by atoms with van der Waals surface area (Å²) in [5.74, 6) is 0.279. The zero-order chi connectivity index (χ0) is 16.6. The molecule has 3 rings (SSSR count). The molecule has 0 aromatic carbocycles. The topological polar surface area (TPSA) is 54.3 Å². The maximum atomic E-state index is 12.4. The minimum absolute atomic E-state index is 0.279. The molecule has 0 N–H and O–H groups in total. The number of rotatable bonds is 6. The monoisotopic (exact) mass is 327 g/mol. The third-order valence-corrected chi connectivity index (χ3v) is 4.46. The quantitative estimate of drug-likeness (QED) is 0.812. The fraction of sp³-hybridized carbons (Fsp3) is 0.500. The van der Waals surface area contributed by atoms with Gasteiger partial charge in [-0.15, -0.1) is 0 Å². The van der Waals surface area contributed by atoms with E-state index in [1.807, 2.05) is 28.1 Å². The van der Waals surface area contributed by atoms with Crippen molar-refractivity contribution in [3.8, 4) is 0 Å². The predicted molar refractivity (Wildman–Crippen MR) is 92.2 cm³/mol. The lowest BCUT2D eigenvalue weighted by Gasteiger charge is -2.22. The summed E-state index contributed by atoms with van der Waals surface area (Å²) in [6, 6.07) is 4.12. The van der Waals surface area contributed by atoms with Gasteiger partial charge in [0.15, 0.2) is 0 Å². The van der Waals surface area contributed by atoms with Crippen molar-refractivity contribution in [2.75, 3.05) is 26.2 Å². The van der Waals surface area contributed by atoms with Gasteiger partial charge in [0.05, 0.1) is 6.33 Å². The van der Waals surface area contributed by atoms with Crippen LogP contribution >= 0.6 is 0 Å². The van der Waals surface area contributed by atoms with E-state index in [-0.39, 0.29) is 5.91 Å². The number of amides is 1. The van der Waals surface area contributed by atoms with Crippen molar-refractivity contribution in [1.82, 2.24) is 24.3 Å². The Kier molecular flexibility index (Phi) is 5.96. The van der Waals surface area contributed by atoms with E-state index in [9.17, 15) is 4.79 Å². The van der Waals surface area contributed by atoms with Crippen molar-refractivity contribution in [2.45, 2.75) is 32.4 Å². The van der Waals surface area contributed by atoms with Crippen LogP contribution in [0.1, 0.15) is 24.8 Å². The van der Waals surface area contributed by atoms with Crippen molar-refractivity contribution in [3.63, 3.8) is 0 Å². The second-order valence-electron chi connectivity index (χ2n) is 6.27. The van der Waals surface area contributed by atoms with E-state index >= 15 is 0 Å². The van der Waals surface area contributed by atoms with E-state index < -0.39 is 0 Å². The van der Waals surface area contributed by atoms with E-state index in [0.717, 1.165) is 52.1 Å². The Hall–Kier alpha value is -2.21. The molecule has 128 valence electrons. The van der Waals surface area contributed by atoms with Crippen LogP contribution in [0.2, 0.25) is 0 Å². The molecule has 24 heavy (non-hydrogen) atoms. The van der Waals surface area contributed by atoms with Crippen LogP contribution in [0.5, 0.6) is 0 Å². The SMILES string of the molecule is O=C(CCCn1ccnc1)N1CCCN(Cc2ccncc2)CC1. The molecule has 0 unspecified atom stereocenters. The second kappa shape index (κ2) is 8.59. The first-order chi connectivity index (χ1) is 11.8. The van der Waals surface area contributed by atoms with Gasteiger partial charge in [0.2, 0.25) is 5.91 Å². The van der Waals surface area contributed by atoms with E-state index in [2.05, 4.69) is 27.0 Å². The predicted octanol–water partition coefficient (Wildman–Crippen LogP) is 1.79. The number of carbonyl (C=O) groups excluding carboxylic acids is 1. The number of hydrogen-bond donors (Lipinski definition) is 0. The average Bonchev–Trinajstić information content (AvgIpc) is 3.01. The van der Waals surface area contributed by atoms with Gasteiger partial charge < -0.3 is 9.47 Å². The molecule has 3 heterocycles. The van der Waals surface area contributed by atoms with Crippen molar-refractivity contribution in [3.05, 3.63) is 48.8 Å². The van der Waals surface area contributed by atoms with Crippen LogP contribution in [0.4, 0.5) is 0 Å². The maximum absolute atomic E-state index is 12.4. The molecule has 0 bridgehead atoms. The first-order valence-electron chi connectivity index (χ1n) is 8.66. The van der Waals surface area contributed by atoms with Crippen molar-refractivity contribution < 1.29 is 4.79 Å². The van der Waals surface area contributed by atoms with Gasteiger partial charge in [-0.3, -0.25) is 14.7 Å². The van der Waals surface area contributed by atoms with Crippen LogP contribution in [0.15, 0.2) is 43.2 Å². The van der Waals surface area contributed by atoms with E-state index in [1.165, 1.54) is 5.56 Å². The molecule has 1 aliphatic rings. The summed E-state index contributed by atoms with van der Waals surface area (Å²) in [6.07, 6.45) is 11.7. The Morgan fingerprint density at radius 3 is 2.71 bits per heavy atom. The fourth-order valence-corrected chi connectivity index (χ4v) is 3.11. The standard InChI is InChI=1S/C18H25N5O/c24-18(3-1-9-22-12-8-20-16-22)23-11-2-10-21(13-14-23)15-17-4-6-19-7-5-17/h4-8,12,16H,1-3,9-11,13-15H2. The molecule has 6 heteroatoms. The third-order valence-electron chi connectivity index (χ3n) is 4.46. The van der Waals surface area contributed by atoms with Gasteiger partial charge in [-0.25, -0.2) is 4.98 Å². The minimum atomic E-state index is 0.279. The lowest BCUT2D eigenvalue weighted by molar-refractivity contribution is -0.131. The van der Waals surface area contributed by atoms with E-state index in [4.69, 9.17) is 0 Å². The van der Waals surface area contributed by atoms with Crippen molar-refractivity contribution in [2.24, 2.45) is 0 Å². The van der Waals surface area contributed by atoms with Gasteiger partial charge in [0, 0.05) is 70.5 Å². The molecule has 1 amide bonds. The lowest BCUT2D eigenvalue weighted by atomic mass is 10.2. The van der Waals surface area contributed by atoms with Crippen LogP contribution in [0, 0.1) is 0 Å². The zero-order valence-corrected chi connectivity index (χ0v) is 14.0. The smallest absolute Gasteiger partial charge is 0.222 e. The van der Waals surface area contributed by atoms with Crippen LogP contribution in [-0.4, -0.2) is 56.4 Å². The molecule has 6 nitrogen and oxygen atoms in total. The van der Waals surface area contributed by atoms with Gasteiger partial charge in [-0.05, 0) is 30.5 Å². The Bertz CT molecular complexity index is 614. The highest BCUT2D eigenvalue weighted by Gasteiger charge is 2.18. The number of pyridine rings is 1. The second-order valence-corrected chi connectivity index (χ2v) is 6.27. The Balaban J connectivity index is 1.42. The van der Waals surface area contributed by atoms with Gasteiger partial charge >= 0.3 is 0 Å². The summed E-state index contributed by atoms with van der Waals surface area (Å²) in [5.41, 5.74) is 1.28. The van der Waals surface area contributed by atoms with E-state index in [0.29, 0.717) is 6.42 Å². The minimum Gasteiger partial charge on any atom is -0.341 e. The maximum Gasteiger partial charge on any atom is 0.222 e. The lowest BCUT2D eigenvalue weighted by Crippen LogP contribution is -2.35. The first kappa shape index (κ1) is 16.6. The van der Waals surface area contributed by atoms with Gasteiger partial charge in [0.1, 0.15) is 0 Å². The van der Waals surface area contributed by atoms with Gasteiger partial charge in [0.25, 0.3) is 0 Å². The molecular formula is C18H25N5O. The number of nitrogens with zero attached hydrogens (tertiary/aromatic N) is 5. The molecule has 0 aliphatic carbocycles. The zero-order valence-electron chi connectivity index (χ0n) is 14.0. The van der Waals surface area contributed by atoms with Gasteiger partial charge in [-0.1, -0.05) is 0 Å². The van der Waals surface area contributed by atoms with Crippen LogP contribution < -0.4 is 0 Å². The number of aryl methyl sites for hydroxylation is 1. The van der Waals surface area contributed by atoms with Crippen molar-refractivity contribution in [1.29, 1.82) is 0 Å². The van der Waals surface area contributed by atoms with Gasteiger partial charge in [-0.2, -0.15) is 0 Å². The summed E-state index contributed by atoms with van der Waals surface area (Å²) in [4.78, 5) is 25.0. The number of aromatic nitrogens is 3. The fourth-order valence-electron chi connectivity index (χ4n) is 3.11. The molecule has 1 fully saturated rings. The molecule has 0 radical (unpaired) electrons. The first-order valence-corrected chi connectivity index (χ1v) is 8.66. The summed E-state index contributed by atoms with van der Waals surface area (Å²) in [6.45, 7) is 5.47. The summed E-state index contributed by atoms with van der Waals surface area (Å²) >= 11 is 0. The Morgan fingerprint density at radius 1 is 1.04 bits per heavy atom. The highest BCUT2D eigenvalue weighted by atomic mass is 16.2. The summed E-state index contributed by atoms with van der Waals surface area (Å²) < 4.78 is 2.02. The van der Waals surface area contributed by atoms with Crippen LogP contribution in [0.3, 0.4) is 0 Å². The number of carbonyl (C=O) groups is 1. The summed E-state index contributed by atoms with van der Waals surface area (Å²) in [5, 5.41) is 0. The normalized spacial score (nSPS) is 16.1. The molecular weight excluding hydrogens is 302 g/mol. The molecule has 1 aliphatic heterocycles. The van der Waals surface area contributed by atoms with Crippen LogP contribution in [0.25, 0.3) is 0 Å². The highest BCUT2D eigenvalue weighted by molar-refractivity contribution is 5.76. The number of hydrogen-bond acceptors (Lipinski definition) is 4. The summed E-state index contributed by atoms with van der Waals surface area (Å²) in [7, 11) is 0. The third kappa shape index (κ3) is 4.89. The van der Waals surface area contributed by atoms with Crippen molar-refractivity contribution >= 4 is 5.91 Å². The molecule has 1 saturated heterocycles. The molecule has 0 saturated carbocycles. The largest absolute Gasteiger partial charge is 0.341 e. The van der Waals surface area contributed by atoms with E-state index in [1.54, 1.807) is 12.5 Å². The Morgan fingerprint density at radius 2 is 1.92 bits per heavy atom. The van der Waals surface area contributed by atoms with Crippen LogP contribution in [-0.2, 0) is 17.9 Å². The number of imidazole rings is 1. The highest BCUT2D eigenvalue weighted by Crippen LogP contribution is 2.10. The molecule has 2 aromatic rings. The molecule has 0 atom stereocenters. The molecule has 0 spiro atoms. The Labute approximate surface area is 143 Å². The molecule has 2 aromatic heterocycles. The average molecular weight is 327 g/mol.